The average molecular weight is 186 g/mol. The third-order valence-corrected chi connectivity index (χ3v) is 1.75. The molecule has 0 spiro atoms. The lowest BCUT2D eigenvalue weighted by molar-refractivity contribution is -0.124. The molecule has 0 aromatic carbocycles. The fraction of sp³-hybridized carbons (Fsp3) is 0.750. The second kappa shape index (κ2) is 6.40. The molecule has 1 amide bonds. The van der Waals surface area contributed by atoms with Crippen molar-refractivity contribution in [1.82, 2.24) is 5.32 Å². The van der Waals surface area contributed by atoms with Crippen LogP contribution in [0.3, 0.4) is 0 Å². The maximum absolute atomic E-state index is 10.8. The molecule has 0 saturated heterocycles. The van der Waals surface area contributed by atoms with E-state index in [0.29, 0.717) is 6.42 Å². The first-order chi connectivity index (χ1) is 6.15. The summed E-state index contributed by atoms with van der Waals surface area (Å²) in [5, 5.41) is 28.4. The lowest BCUT2D eigenvalue weighted by atomic mass is 10.1. The van der Waals surface area contributed by atoms with E-state index in [-0.39, 0.29) is 18.9 Å². The predicted octanol–water partition coefficient (Wildman–Crippen LogP) is -0.647. The lowest BCUT2D eigenvalue weighted by Gasteiger charge is -2.19. The number of nitrogens with zero attached hydrogens (tertiary/aromatic N) is 1. The molecule has 3 N–H and O–H groups in total. The smallest absolute Gasteiger partial charge is 0.236 e. The Kier molecular flexibility index (Phi) is 5.85. The van der Waals surface area contributed by atoms with Gasteiger partial charge in [-0.25, -0.2) is 0 Å². The third kappa shape index (κ3) is 4.45. The minimum Gasteiger partial charge on any atom is -0.396 e. The Labute approximate surface area is 77.0 Å². The summed E-state index contributed by atoms with van der Waals surface area (Å²) in [6.45, 7) is 1.60. The molecule has 2 unspecified atom stereocenters. The monoisotopic (exact) mass is 186 g/mol. The quantitative estimate of drug-likeness (QED) is 0.497. The van der Waals surface area contributed by atoms with Gasteiger partial charge in [-0.15, -0.1) is 0 Å². The van der Waals surface area contributed by atoms with Gasteiger partial charge < -0.3 is 15.5 Å². The number of aliphatic hydroxyl groups excluding tert-OH is 2. The number of rotatable bonds is 5. The first kappa shape index (κ1) is 11.9. The van der Waals surface area contributed by atoms with E-state index in [4.69, 9.17) is 10.4 Å². The van der Waals surface area contributed by atoms with Crippen LogP contribution in [0.1, 0.15) is 19.8 Å². The van der Waals surface area contributed by atoms with E-state index in [1.807, 2.05) is 0 Å². The zero-order valence-electron chi connectivity index (χ0n) is 7.53. The summed E-state index contributed by atoms with van der Waals surface area (Å²) in [6, 6.07) is 1.66. The first-order valence-electron chi connectivity index (χ1n) is 4.10. The number of carbonyl (C=O) groups is 1. The second-order valence-corrected chi connectivity index (χ2v) is 2.70. The summed E-state index contributed by atoms with van der Waals surface area (Å²) in [5.41, 5.74) is 0. The van der Waals surface area contributed by atoms with Crippen LogP contribution in [0.4, 0.5) is 0 Å². The molecular weight excluding hydrogens is 172 g/mol. The molecular formula is C8H14N2O3. The van der Waals surface area contributed by atoms with Crippen LogP contribution < -0.4 is 5.32 Å². The van der Waals surface area contributed by atoms with Gasteiger partial charge >= 0.3 is 0 Å². The van der Waals surface area contributed by atoms with Crippen LogP contribution in [0, 0.1) is 17.2 Å². The highest BCUT2D eigenvalue weighted by molar-refractivity contribution is 5.78. The van der Waals surface area contributed by atoms with Gasteiger partial charge in [0, 0.05) is 5.92 Å². The molecule has 5 nitrogen and oxygen atoms in total. The Morgan fingerprint density at radius 3 is 2.69 bits per heavy atom. The van der Waals surface area contributed by atoms with E-state index in [1.54, 1.807) is 13.0 Å². The molecule has 0 aliphatic heterocycles. The van der Waals surface area contributed by atoms with Crippen LogP contribution in [0.2, 0.25) is 0 Å². The zero-order valence-corrected chi connectivity index (χ0v) is 7.53. The Balaban J connectivity index is 3.91. The minimum atomic E-state index is -1.07. The van der Waals surface area contributed by atoms with Crippen molar-refractivity contribution >= 4 is 5.91 Å². The molecule has 0 aliphatic rings. The lowest BCUT2D eigenvalue weighted by Crippen LogP contribution is -2.41. The Bertz CT molecular complexity index is 196. The Morgan fingerprint density at radius 1 is 1.69 bits per heavy atom. The molecule has 5 heteroatoms. The Morgan fingerprint density at radius 2 is 2.31 bits per heavy atom. The van der Waals surface area contributed by atoms with Crippen LogP contribution in [0.15, 0.2) is 0 Å². The summed E-state index contributed by atoms with van der Waals surface area (Å²) in [5.74, 6) is -0.899. The summed E-state index contributed by atoms with van der Waals surface area (Å²) in [4.78, 5) is 10.8. The van der Waals surface area contributed by atoms with E-state index in [0.717, 1.165) is 0 Å². The van der Waals surface area contributed by atoms with E-state index in [9.17, 15) is 9.90 Å². The number of nitrogens with one attached hydrogen (secondary N) is 1. The molecule has 13 heavy (non-hydrogen) atoms. The van der Waals surface area contributed by atoms with Crippen molar-refractivity contribution in [3.8, 4) is 6.07 Å². The van der Waals surface area contributed by atoms with Crippen molar-refractivity contribution in [2.75, 3.05) is 6.61 Å². The molecule has 0 radical (unpaired) electrons. The van der Waals surface area contributed by atoms with Crippen LogP contribution >= 0.6 is 0 Å². The standard InChI is InChI=1S/C8H14N2O3/c1-2-6(5-11)8(13)10-7(12)3-4-9/h6,8,11,13H,2-3,5H2,1H3,(H,10,12). The highest BCUT2D eigenvalue weighted by atomic mass is 16.3. The summed E-state index contributed by atoms with van der Waals surface area (Å²) in [7, 11) is 0. The summed E-state index contributed by atoms with van der Waals surface area (Å²) in [6.07, 6.45) is -0.792. The Hall–Kier alpha value is -1.12. The highest BCUT2D eigenvalue weighted by Gasteiger charge is 2.17. The molecule has 0 heterocycles. The van der Waals surface area contributed by atoms with Gasteiger partial charge in [0.25, 0.3) is 0 Å². The van der Waals surface area contributed by atoms with Crippen LogP contribution in [0.25, 0.3) is 0 Å². The fourth-order valence-electron chi connectivity index (χ4n) is 0.858. The van der Waals surface area contributed by atoms with Gasteiger partial charge in [0.05, 0.1) is 12.7 Å². The van der Waals surface area contributed by atoms with Gasteiger partial charge in [0.2, 0.25) is 5.91 Å². The van der Waals surface area contributed by atoms with Crippen molar-refractivity contribution in [2.45, 2.75) is 26.0 Å². The molecule has 0 rings (SSSR count). The molecule has 2 atom stereocenters. The van der Waals surface area contributed by atoms with Crippen LogP contribution in [0.5, 0.6) is 0 Å². The minimum absolute atomic E-state index is 0.190. The topological polar surface area (TPSA) is 93.3 Å². The van der Waals surface area contributed by atoms with Gasteiger partial charge in [0.15, 0.2) is 0 Å². The molecule has 0 aromatic heterocycles. The number of hydrogen-bond acceptors (Lipinski definition) is 4. The number of aliphatic hydroxyl groups is 2. The van der Waals surface area contributed by atoms with Gasteiger partial charge in [-0.05, 0) is 6.42 Å². The van der Waals surface area contributed by atoms with E-state index < -0.39 is 12.1 Å². The zero-order chi connectivity index (χ0) is 10.3. The molecule has 0 aromatic rings. The maximum atomic E-state index is 10.8. The maximum Gasteiger partial charge on any atom is 0.236 e. The molecule has 0 bridgehead atoms. The van der Waals surface area contributed by atoms with Crippen molar-refractivity contribution in [1.29, 1.82) is 5.26 Å². The van der Waals surface area contributed by atoms with Crippen LogP contribution in [-0.2, 0) is 4.79 Å². The van der Waals surface area contributed by atoms with E-state index in [1.165, 1.54) is 0 Å². The number of nitriles is 1. The van der Waals surface area contributed by atoms with Crippen molar-refractivity contribution in [3.63, 3.8) is 0 Å². The SMILES string of the molecule is CCC(CO)C(O)NC(=O)CC#N. The van der Waals surface area contributed by atoms with Gasteiger partial charge in [0.1, 0.15) is 12.6 Å². The van der Waals surface area contributed by atoms with E-state index >= 15 is 0 Å². The summed E-state index contributed by atoms with van der Waals surface area (Å²) < 4.78 is 0. The predicted molar refractivity (Wildman–Crippen MR) is 45.2 cm³/mol. The molecule has 0 saturated carbocycles. The fourth-order valence-corrected chi connectivity index (χ4v) is 0.858. The first-order valence-corrected chi connectivity index (χ1v) is 4.10. The van der Waals surface area contributed by atoms with Crippen molar-refractivity contribution in [3.05, 3.63) is 0 Å². The van der Waals surface area contributed by atoms with Crippen LogP contribution in [-0.4, -0.2) is 29.0 Å². The number of carbonyl (C=O) groups excluding carboxylic acids is 1. The normalized spacial score (nSPS) is 14.3. The molecule has 74 valence electrons. The molecule has 0 aliphatic carbocycles. The van der Waals surface area contributed by atoms with Gasteiger partial charge in [-0.3, -0.25) is 4.79 Å². The number of amides is 1. The third-order valence-electron chi connectivity index (χ3n) is 1.75. The number of hydrogen-bond donors (Lipinski definition) is 3. The highest BCUT2D eigenvalue weighted by Crippen LogP contribution is 2.05. The largest absolute Gasteiger partial charge is 0.396 e. The average Bonchev–Trinajstić information content (AvgIpc) is 2.06. The van der Waals surface area contributed by atoms with Gasteiger partial charge in [-0.2, -0.15) is 5.26 Å². The van der Waals surface area contributed by atoms with Gasteiger partial charge in [-0.1, -0.05) is 6.92 Å². The van der Waals surface area contributed by atoms with Crippen molar-refractivity contribution in [2.24, 2.45) is 5.92 Å². The summed E-state index contributed by atoms with van der Waals surface area (Å²) >= 11 is 0. The van der Waals surface area contributed by atoms with Crippen molar-refractivity contribution < 1.29 is 15.0 Å². The second-order valence-electron chi connectivity index (χ2n) is 2.70. The molecule has 0 fully saturated rings. The van der Waals surface area contributed by atoms with E-state index in [2.05, 4.69) is 5.32 Å².